The Labute approximate surface area is 121 Å². The van der Waals surface area contributed by atoms with Gasteiger partial charge in [-0.3, -0.25) is 9.98 Å². The van der Waals surface area contributed by atoms with Crippen molar-refractivity contribution in [3.8, 4) is 5.75 Å². The number of para-hydroxylation sites is 1. The Balaban J connectivity index is 1.80. The quantitative estimate of drug-likeness (QED) is 0.714. The molecule has 21 heavy (non-hydrogen) atoms. The second-order valence-corrected chi connectivity index (χ2v) is 4.99. The van der Waals surface area contributed by atoms with Gasteiger partial charge in [-0.2, -0.15) is 0 Å². The van der Waals surface area contributed by atoms with Gasteiger partial charge in [-0.15, -0.1) is 0 Å². The molecule has 0 bridgehead atoms. The molecule has 102 valence electrons. The number of aromatic hydroxyl groups is 1. The third kappa shape index (κ3) is 1.92. The lowest BCUT2D eigenvalue weighted by molar-refractivity contribution is 0.466. The summed E-state index contributed by atoms with van der Waals surface area (Å²) in [7, 11) is 0. The molecule has 4 heteroatoms. The molecule has 0 radical (unpaired) electrons. The Morgan fingerprint density at radius 2 is 1.81 bits per heavy atom. The summed E-state index contributed by atoms with van der Waals surface area (Å²) in [5.74, 6) is 0.183. The van der Waals surface area contributed by atoms with Gasteiger partial charge in [-0.05, 0) is 6.07 Å². The molecule has 0 aliphatic carbocycles. The summed E-state index contributed by atoms with van der Waals surface area (Å²) in [5, 5.41) is 15.5. The van der Waals surface area contributed by atoms with Gasteiger partial charge in [0.2, 0.25) is 0 Å². The summed E-state index contributed by atoms with van der Waals surface area (Å²) in [6.07, 6.45) is 3.21. The lowest BCUT2D eigenvalue weighted by Crippen LogP contribution is -2.15. The summed E-state index contributed by atoms with van der Waals surface area (Å²) in [6, 6.07) is 15.6. The SMILES string of the molecule is Oc1c(C2N=Cc3ccccc3N2)ncc2ccccc12. The Morgan fingerprint density at radius 3 is 2.76 bits per heavy atom. The number of rotatable bonds is 1. The monoisotopic (exact) mass is 275 g/mol. The smallest absolute Gasteiger partial charge is 0.165 e. The van der Waals surface area contributed by atoms with Crippen LogP contribution in [0.2, 0.25) is 0 Å². The molecule has 1 aliphatic heterocycles. The fourth-order valence-corrected chi connectivity index (χ4v) is 2.58. The summed E-state index contributed by atoms with van der Waals surface area (Å²) in [5.41, 5.74) is 2.57. The highest BCUT2D eigenvalue weighted by Crippen LogP contribution is 2.34. The van der Waals surface area contributed by atoms with Crippen LogP contribution in [0.1, 0.15) is 17.4 Å². The van der Waals surface area contributed by atoms with Gasteiger partial charge < -0.3 is 10.4 Å². The van der Waals surface area contributed by atoms with E-state index in [0.717, 1.165) is 22.0 Å². The van der Waals surface area contributed by atoms with E-state index in [4.69, 9.17) is 0 Å². The Kier molecular flexibility index (Phi) is 2.60. The van der Waals surface area contributed by atoms with Crippen LogP contribution in [0.3, 0.4) is 0 Å². The number of nitrogens with one attached hydrogen (secondary N) is 1. The van der Waals surface area contributed by atoms with Gasteiger partial charge in [0.25, 0.3) is 0 Å². The van der Waals surface area contributed by atoms with E-state index in [1.54, 1.807) is 6.20 Å². The molecule has 0 fully saturated rings. The summed E-state index contributed by atoms with van der Waals surface area (Å²) in [4.78, 5) is 8.83. The summed E-state index contributed by atoms with van der Waals surface area (Å²) >= 11 is 0. The highest BCUT2D eigenvalue weighted by atomic mass is 16.3. The molecule has 0 saturated heterocycles. The van der Waals surface area contributed by atoms with Gasteiger partial charge >= 0.3 is 0 Å². The van der Waals surface area contributed by atoms with Gasteiger partial charge in [0.1, 0.15) is 11.4 Å². The Morgan fingerprint density at radius 1 is 1.00 bits per heavy atom. The topological polar surface area (TPSA) is 57.5 Å². The molecule has 0 spiro atoms. The molecule has 4 nitrogen and oxygen atoms in total. The highest BCUT2D eigenvalue weighted by molar-refractivity contribution is 5.91. The number of aliphatic imine (C=N–C) groups is 1. The summed E-state index contributed by atoms with van der Waals surface area (Å²) in [6.45, 7) is 0. The van der Waals surface area contributed by atoms with E-state index < -0.39 is 0 Å². The molecule has 2 N–H and O–H groups in total. The van der Waals surface area contributed by atoms with Crippen molar-refractivity contribution < 1.29 is 5.11 Å². The maximum absolute atomic E-state index is 10.5. The summed E-state index contributed by atoms with van der Waals surface area (Å²) < 4.78 is 0. The number of nitrogens with zero attached hydrogens (tertiary/aromatic N) is 2. The first-order chi connectivity index (χ1) is 10.3. The molecule has 0 amide bonds. The predicted molar refractivity (Wildman–Crippen MR) is 83.8 cm³/mol. The van der Waals surface area contributed by atoms with Crippen LogP contribution in [0.25, 0.3) is 10.8 Å². The first-order valence-corrected chi connectivity index (χ1v) is 6.78. The third-order valence-corrected chi connectivity index (χ3v) is 3.68. The molecule has 1 aromatic heterocycles. The number of aromatic nitrogens is 1. The first kappa shape index (κ1) is 11.9. The van der Waals surface area contributed by atoms with E-state index in [1.165, 1.54) is 0 Å². The van der Waals surface area contributed by atoms with Gasteiger partial charge in [0.15, 0.2) is 6.17 Å². The maximum Gasteiger partial charge on any atom is 0.165 e. The fraction of sp³-hybridized carbons (Fsp3) is 0.0588. The Bertz CT molecular complexity index is 858. The standard InChI is InChI=1S/C17H13N3O/c21-16-13-7-3-1-5-11(13)9-18-15(16)17-19-10-12-6-2-4-8-14(12)20-17/h1-10,17,20-21H. The fourth-order valence-electron chi connectivity index (χ4n) is 2.58. The van der Waals surface area contributed by atoms with Gasteiger partial charge in [0, 0.05) is 34.4 Å². The van der Waals surface area contributed by atoms with Crippen LogP contribution in [-0.4, -0.2) is 16.3 Å². The number of anilines is 1. The number of hydrogen-bond donors (Lipinski definition) is 2. The second kappa shape index (κ2) is 4.59. The van der Waals surface area contributed by atoms with Crippen LogP contribution in [0.15, 0.2) is 59.7 Å². The highest BCUT2D eigenvalue weighted by Gasteiger charge is 2.20. The Hall–Kier alpha value is -2.88. The molecule has 2 heterocycles. The van der Waals surface area contributed by atoms with Crippen molar-refractivity contribution >= 4 is 22.7 Å². The molecule has 1 unspecified atom stereocenters. The van der Waals surface area contributed by atoms with E-state index in [2.05, 4.69) is 15.3 Å². The number of pyridine rings is 1. The molecular weight excluding hydrogens is 262 g/mol. The molecule has 0 saturated carbocycles. The average Bonchev–Trinajstić information content (AvgIpc) is 2.55. The van der Waals surface area contributed by atoms with Crippen LogP contribution in [0.5, 0.6) is 5.75 Å². The molecular formula is C17H13N3O. The first-order valence-electron chi connectivity index (χ1n) is 6.78. The third-order valence-electron chi connectivity index (χ3n) is 3.68. The van der Waals surface area contributed by atoms with Crippen molar-refractivity contribution in [2.75, 3.05) is 5.32 Å². The van der Waals surface area contributed by atoms with E-state index in [1.807, 2.05) is 54.7 Å². The molecule has 4 rings (SSSR count). The van der Waals surface area contributed by atoms with Gasteiger partial charge in [-0.25, -0.2) is 0 Å². The molecule has 1 atom stereocenters. The lowest BCUT2D eigenvalue weighted by Gasteiger charge is -2.22. The van der Waals surface area contributed by atoms with Crippen molar-refractivity contribution in [2.45, 2.75) is 6.17 Å². The number of hydrogen-bond acceptors (Lipinski definition) is 4. The normalized spacial score (nSPS) is 16.5. The minimum Gasteiger partial charge on any atom is -0.505 e. The van der Waals surface area contributed by atoms with E-state index in [-0.39, 0.29) is 11.9 Å². The van der Waals surface area contributed by atoms with Gasteiger partial charge in [0.05, 0.1) is 0 Å². The average molecular weight is 275 g/mol. The number of fused-ring (bicyclic) bond motifs is 2. The van der Waals surface area contributed by atoms with Crippen LogP contribution in [0, 0.1) is 0 Å². The molecule has 2 aromatic carbocycles. The minimum absolute atomic E-state index is 0.183. The molecule has 1 aliphatic rings. The van der Waals surface area contributed by atoms with Crippen LogP contribution < -0.4 is 5.32 Å². The zero-order valence-corrected chi connectivity index (χ0v) is 11.2. The van der Waals surface area contributed by atoms with Crippen molar-refractivity contribution in [1.82, 2.24) is 4.98 Å². The number of benzene rings is 2. The zero-order valence-electron chi connectivity index (χ0n) is 11.2. The largest absolute Gasteiger partial charge is 0.505 e. The predicted octanol–water partition coefficient (Wildman–Crippen LogP) is 3.48. The van der Waals surface area contributed by atoms with Crippen molar-refractivity contribution in [3.05, 3.63) is 66.0 Å². The van der Waals surface area contributed by atoms with Crippen molar-refractivity contribution in [1.29, 1.82) is 0 Å². The second-order valence-electron chi connectivity index (χ2n) is 4.99. The van der Waals surface area contributed by atoms with E-state index >= 15 is 0 Å². The van der Waals surface area contributed by atoms with Crippen LogP contribution in [-0.2, 0) is 0 Å². The molecule has 3 aromatic rings. The van der Waals surface area contributed by atoms with Crippen molar-refractivity contribution in [3.63, 3.8) is 0 Å². The van der Waals surface area contributed by atoms with Crippen LogP contribution in [0.4, 0.5) is 5.69 Å². The lowest BCUT2D eigenvalue weighted by atomic mass is 10.1. The zero-order chi connectivity index (χ0) is 14.2. The van der Waals surface area contributed by atoms with E-state index in [9.17, 15) is 5.11 Å². The maximum atomic E-state index is 10.5. The van der Waals surface area contributed by atoms with Crippen molar-refractivity contribution in [2.24, 2.45) is 4.99 Å². The van der Waals surface area contributed by atoms with Crippen LogP contribution >= 0.6 is 0 Å². The van der Waals surface area contributed by atoms with Gasteiger partial charge in [-0.1, -0.05) is 42.5 Å². The van der Waals surface area contributed by atoms with E-state index in [0.29, 0.717) is 5.69 Å². The minimum atomic E-state index is -0.371.